The van der Waals surface area contributed by atoms with E-state index in [0.29, 0.717) is 0 Å². The number of hydrogen-bond donors (Lipinski definition) is 1. The van der Waals surface area contributed by atoms with Gasteiger partial charge in [-0.05, 0) is 30.5 Å². The topological polar surface area (TPSA) is 38.7 Å². The van der Waals surface area contributed by atoms with Gasteiger partial charge >= 0.3 is 0 Å². The molecule has 3 heteroatoms. The molecule has 0 aromatic heterocycles. The maximum Gasteiger partial charge on any atom is 0.160 e. The minimum absolute atomic E-state index is 0.210. The van der Waals surface area contributed by atoms with E-state index >= 15 is 0 Å². The Balaban J connectivity index is 2.28. The molecule has 2 rings (SSSR count). The number of aliphatic hydroxyl groups excluding tert-OH is 1. The third kappa shape index (κ3) is 2.00. The highest BCUT2D eigenvalue weighted by molar-refractivity contribution is 5.44. The Morgan fingerprint density at radius 3 is 2.44 bits per heavy atom. The first-order chi connectivity index (χ1) is 7.76. The van der Waals surface area contributed by atoms with Crippen LogP contribution in [0.5, 0.6) is 11.5 Å². The van der Waals surface area contributed by atoms with E-state index in [9.17, 15) is 5.11 Å². The smallest absolute Gasteiger partial charge is 0.160 e. The van der Waals surface area contributed by atoms with Crippen LogP contribution >= 0.6 is 0 Å². The average Bonchev–Trinajstić information content (AvgIpc) is 2.74. The number of hydrogen-bond acceptors (Lipinski definition) is 3. The maximum absolute atomic E-state index is 9.86. The zero-order chi connectivity index (χ0) is 11.5. The predicted molar refractivity (Wildman–Crippen MR) is 62.1 cm³/mol. The molecule has 2 atom stereocenters. The van der Waals surface area contributed by atoms with Crippen molar-refractivity contribution in [2.45, 2.75) is 31.3 Å². The lowest BCUT2D eigenvalue weighted by atomic mass is 9.95. The normalized spacial score (nSPS) is 24.4. The fourth-order valence-corrected chi connectivity index (χ4v) is 2.41. The van der Waals surface area contributed by atoms with Gasteiger partial charge in [0.05, 0.1) is 20.3 Å². The number of rotatable bonds is 3. The highest BCUT2D eigenvalue weighted by Crippen LogP contribution is 2.38. The van der Waals surface area contributed by atoms with Gasteiger partial charge in [0.15, 0.2) is 11.5 Å². The van der Waals surface area contributed by atoms with Crippen molar-refractivity contribution in [1.29, 1.82) is 0 Å². The molecule has 0 heterocycles. The van der Waals surface area contributed by atoms with Crippen molar-refractivity contribution in [3.05, 3.63) is 23.8 Å². The van der Waals surface area contributed by atoms with Gasteiger partial charge in [-0.1, -0.05) is 12.5 Å². The van der Waals surface area contributed by atoms with Crippen LogP contribution in [-0.4, -0.2) is 25.4 Å². The largest absolute Gasteiger partial charge is 0.493 e. The Kier molecular flexibility index (Phi) is 3.34. The summed E-state index contributed by atoms with van der Waals surface area (Å²) in [6.07, 6.45) is 2.84. The molecule has 1 N–H and O–H groups in total. The summed E-state index contributed by atoms with van der Waals surface area (Å²) in [5.41, 5.74) is 1.14. The van der Waals surface area contributed by atoms with E-state index in [1.54, 1.807) is 14.2 Å². The molecule has 0 saturated heterocycles. The SMILES string of the molecule is COc1ccc([C@H]2CCC[C@H]2O)cc1OC. The van der Waals surface area contributed by atoms with E-state index in [1.807, 2.05) is 18.2 Å². The van der Waals surface area contributed by atoms with Crippen molar-refractivity contribution < 1.29 is 14.6 Å². The molecule has 1 fully saturated rings. The maximum atomic E-state index is 9.86. The molecule has 0 aliphatic heterocycles. The van der Waals surface area contributed by atoms with Crippen LogP contribution in [0.4, 0.5) is 0 Å². The average molecular weight is 222 g/mol. The van der Waals surface area contributed by atoms with Crippen molar-refractivity contribution in [3.63, 3.8) is 0 Å². The molecular weight excluding hydrogens is 204 g/mol. The number of ether oxygens (including phenoxy) is 2. The standard InChI is InChI=1S/C13H18O3/c1-15-12-7-6-9(8-13(12)16-2)10-4-3-5-11(10)14/h6-8,10-11,14H,3-5H2,1-2H3/t10-,11-/m1/s1. The van der Waals surface area contributed by atoms with Crippen molar-refractivity contribution >= 4 is 0 Å². The lowest BCUT2D eigenvalue weighted by Gasteiger charge is -2.16. The minimum atomic E-state index is -0.210. The summed E-state index contributed by atoms with van der Waals surface area (Å²) >= 11 is 0. The second-order valence-electron chi connectivity index (χ2n) is 4.22. The zero-order valence-corrected chi connectivity index (χ0v) is 9.77. The van der Waals surface area contributed by atoms with E-state index in [1.165, 1.54) is 0 Å². The van der Waals surface area contributed by atoms with E-state index in [-0.39, 0.29) is 12.0 Å². The minimum Gasteiger partial charge on any atom is -0.493 e. The summed E-state index contributed by atoms with van der Waals surface area (Å²) in [7, 11) is 3.26. The first-order valence-corrected chi connectivity index (χ1v) is 5.66. The summed E-state index contributed by atoms with van der Waals surface area (Å²) in [6, 6.07) is 5.89. The van der Waals surface area contributed by atoms with E-state index in [0.717, 1.165) is 36.3 Å². The molecule has 0 unspecified atom stereocenters. The molecule has 1 saturated carbocycles. The fourth-order valence-electron chi connectivity index (χ4n) is 2.41. The number of methoxy groups -OCH3 is 2. The zero-order valence-electron chi connectivity index (χ0n) is 9.77. The Bertz CT molecular complexity index is 362. The molecule has 0 bridgehead atoms. The highest BCUT2D eigenvalue weighted by atomic mass is 16.5. The van der Waals surface area contributed by atoms with E-state index in [2.05, 4.69) is 0 Å². The molecule has 88 valence electrons. The number of aliphatic hydroxyl groups is 1. The lowest BCUT2D eigenvalue weighted by molar-refractivity contribution is 0.163. The van der Waals surface area contributed by atoms with Crippen LogP contribution in [0, 0.1) is 0 Å². The van der Waals surface area contributed by atoms with Crippen molar-refractivity contribution in [3.8, 4) is 11.5 Å². The monoisotopic (exact) mass is 222 g/mol. The van der Waals surface area contributed by atoms with Crippen LogP contribution in [0.15, 0.2) is 18.2 Å². The molecular formula is C13H18O3. The second-order valence-corrected chi connectivity index (χ2v) is 4.22. The van der Waals surface area contributed by atoms with Crippen LogP contribution in [-0.2, 0) is 0 Å². The molecule has 1 aliphatic carbocycles. The van der Waals surface area contributed by atoms with Gasteiger partial charge in [0, 0.05) is 5.92 Å². The van der Waals surface area contributed by atoms with Gasteiger partial charge in [-0.2, -0.15) is 0 Å². The van der Waals surface area contributed by atoms with Crippen LogP contribution < -0.4 is 9.47 Å². The van der Waals surface area contributed by atoms with E-state index < -0.39 is 0 Å². The van der Waals surface area contributed by atoms with Crippen molar-refractivity contribution in [2.24, 2.45) is 0 Å². The summed E-state index contributed by atoms with van der Waals surface area (Å²) in [4.78, 5) is 0. The third-order valence-corrected chi connectivity index (χ3v) is 3.32. The first-order valence-electron chi connectivity index (χ1n) is 5.66. The summed E-state index contributed by atoms with van der Waals surface area (Å²) in [5.74, 6) is 1.72. The van der Waals surface area contributed by atoms with Gasteiger partial charge in [0.2, 0.25) is 0 Å². The van der Waals surface area contributed by atoms with Gasteiger partial charge in [-0.3, -0.25) is 0 Å². The molecule has 1 aliphatic rings. The second kappa shape index (κ2) is 4.74. The van der Waals surface area contributed by atoms with Gasteiger partial charge in [0.25, 0.3) is 0 Å². The Hall–Kier alpha value is -1.22. The predicted octanol–water partition coefficient (Wildman–Crippen LogP) is 2.33. The van der Waals surface area contributed by atoms with Gasteiger partial charge in [0.1, 0.15) is 0 Å². The van der Waals surface area contributed by atoms with Crippen LogP contribution in [0.3, 0.4) is 0 Å². The molecule has 3 nitrogen and oxygen atoms in total. The van der Waals surface area contributed by atoms with Crippen molar-refractivity contribution in [2.75, 3.05) is 14.2 Å². The molecule has 0 spiro atoms. The van der Waals surface area contributed by atoms with Crippen LogP contribution in [0.25, 0.3) is 0 Å². The van der Waals surface area contributed by atoms with Crippen LogP contribution in [0.1, 0.15) is 30.7 Å². The molecule has 0 amide bonds. The van der Waals surface area contributed by atoms with Gasteiger partial charge in [-0.15, -0.1) is 0 Å². The van der Waals surface area contributed by atoms with Crippen molar-refractivity contribution in [1.82, 2.24) is 0 Å². The molecule has 0 radical (unpaired) electrons. The van der Waals surface area contributed by atoms with Gasteiger partial charge in [-0.25, -0.2) is 0 Å². The highest BCUT2D eigenvalue weighted by Gasteiger charge is 2.27. The first kappa shape index (κ1) is 11.3. The number of benzene rings is 1. The van der Waals surface area contributed by atoms with Gasteiger partial charge < -0.3 is 14.6 Å². The summed E-state index contributed by atoms with van der Waals surface area (Å²) < 4.78 is 10.5. The Morgan fingerprint density at radius 1 is 1.12 bits per heavy atom. The Morgan fingerprint density at radius 2 is 1.88 bits per heavy atom. The molecule has 1 aromatic carbocycles. The lowest BCUT2D eigenvalue weighted by Crippen LogP contribution is -2.11. The Labute approximate surface area is 96.0 Å². The summed E-state index contributed by atoms with van der Waals surface area (Å²) in [5, 5.41) is 9.86. The third-order valence-electron chi connectivity index (χ3n) is 3.32. The van der Waals surface area contributed by atoms with Crippen LogP contribution in [0.2, 0.25) is 0 Å². The fraction of sp³-hybridized carbons (Fsp3) is 0.538. The molecule has 16 heavy (non-hydrogen) atoms. The molecule has 1 aromatic rings. The van der Waals surface area contributed by atoms with E-state index in [4.69, 9.17) is 9.47 Å². The quantitative estimate of drug-likeness (QED) is 0.853. The summed E-state index contributed by atoms with van der Waals surface area (Å²) in [6.45, 7) is 0.